The molecular formula is C20H20ClNO3. The first-order valence-corrected chi connectivity index (χ1v) is 9.03. The molecule has 2 aliphatic rings. The van der Waals surface area contributed by atoms with E-state index in [1.807, 2.05) is 18.2 Å². The highest BCUT2D eigenvalue weighted by molar-refractivity contribution is 6.32. The van der Waals surface area contributed by atoms with Gasteiger partial charge in [0.1, 0.15) is 0 Å². The van der Waals surface area contributed by atoms with E-state index >= 15 is 0 Å². The fourth-order valence-corrected chi connectivity index (χ4v) is 3.81. The summed E-state index contributed by atoms with van der Waals surface area (Å²) in [6.07, 6.45) is 3.06. The van der Waals surface area contributed by atoms with Gasteiger partial charge in [-0.05, 0) is 41.7 Å². The van der Waals surface area contributed by atoms with Crippen LogP contribution in [0.1, 0.15) is 35.6 Å². The third-order valence-electron chi connectivity index (χ3n) is 4.69. The second-order valence-corrected chi connectivity index (χ2v) is 6.90. The van der Waals surface area contributed by atoms with Gasteiger partial charge in [-0.2, -0.15) is 0 Å². The van der Waals surface area contributed by atoms with Crippen molar-refractivity contribution in [2.45, 2.75) is 31.7 Å². The Morgan fingerprint density at radius 3 is 2.96 bits per heavy atom. The molecule has 0 radical (unpaired) electrons. The summed E-state index contributed by atoms with van der Waals surface area (Å²) in [4.78, 5) is 12.5. The Kier molecular flexibility index (Phi) is 4.53. The molecule has 5 heteroatoms. The van der Waals surface area contributed by atoms with Crippen molar-refractivity contribution >= 4 is 17.5 Å². The number of fused-ring (bicyclic) bond motifs is 2. The Morgan fingerprint density at radius 2 is 2.04 bits per heavy atom. The lowest BCUT2D eigenvalue weighted by atomic mass is 10.1. The van der Waals surface area contributed by atoms with E-state index < -0.39 is 0 Å². The maximum atomic E-state index is 12.5. The fraction of sp³-hybridized carbons (Fsp3) is 0.350. The standard InChI is InChI=1S/C20H20ClNO3/c21-16-10-13(11-18-20(16)25-9-3-8-24-18)12-19(23)22-17-7-6-14-4-1-2-5-15(14)17/h1-2,4-5,10-11,17H,3,6-9,12H2,(H,22,23)/t17-/m1/s1. The zero-order valence-electron chi connectivity index (χ0n) is 13.9. The van der Waals surface area contributed by atoms with Crippen molar-refractivity contribution in [2.24, 2.45) is 0 Å². The van der Waals surface area contributed by atoms with E-state index in [9.17, 15) is 4.79 Å². The Hall–Kier alpha value is -2.20. The van der Waals surface area contributed by atoms with E-state index in [1.54, 1.807) is 6.07 Å². The summed E-state index contributed by atoms with van der Waals surface area (Å²) in [5.41, 5.74) is 3.39. The van der Waals surface area contributed by atoms with Gasteiger partial charge in [-0.3, -0.25) is 4.79 Å². The second kappa shape index (κ2) is 6.96. The maximum Gasteiger partial charge on any atom is 0.224 e. The van der Waals surface area contributed by atoms with E-state index in [0.29, 0.717) is 29.7 Å². The van der Waals surface area contributed by atoms with Gasteiger partial charge in [-0.15, -0.1) is 0 Å². The molecule has 0 spiro atoms. The van der Waals surface area contributed by atoms with Crippen molar-refractivity contribution in [1.29, 1.82) is 0 Å². The number of carbonyl (C=O) groups is 1. The highest BCUT2D eigenvalue weighted by atomic mass is 35.5. The number of hydrogen-bond acceptors (Lipinski definition) is 3. The van der Waals surface area contributed by atoms with Crippen molar-refractivity contribution < 1.29 is 14.3 Å². The molecule has 0 bridgehead atoms. The van der Waals surface area contributed by atoms with Crippen LogP contribution in [0.5, 0.6) is 11.5 Å². The summed E-state index contributed by atoms with van der Waals surface area (Å²) >= 11 is 6.30. The summed E-state index contributed by atoms with van der Waals surface area (Å²) in [6, 6.07) is 12.0. The molecule has 25 heavy (non-hydrogen) atoms. The van der Waals surface area contributed by atoms with Gasteiger partial charge in [0.25, 0.3) is 0 Å². The number of hydrogen-bond donors (Lipinski definition) is 1. The number of nitrogens with one attached hydrogen (secondary N) is 1. The van der Waals surface area contributed by atoms with Crippen LogP contribution < -0.4 is 14.8 Å². The Balaban J connectivity index is 1.47. The molecule has 1 heterocycles. The SMILES string of the molecule is O=C(Cc1cc(Cl)c2c(c1)OCCCO2)N[C@@H]1CCc2ccccc21. The summed E-state index contributed by atoms with van der Waals surface area (Å²) in [7, 11) is 0. The first-order valence-electron chi connectivity index (χ1n) is 8.66. The van der Waals surface area contributed by atoms with Crippen LogP contribution in [0, 0.1) is 0 Å². The molecule has 2 aromatic carbocycles. The lowest BCUT2D eigenvalue weighted by Crippen LogP contribution is -2.28. The third-order valence-corrected chi connectivity index (χ3v) is 4.98. The molecule has 1 aliphatic carbocycles. The largest absolute Gasteiger partial charge is 0.489 e. The lowest BCUT2D eigenvalue weighted by Gasteiger charge is -2.15. The first-order chi connectivity index (χ1) is 12.2. The molecule has 0 aromatic heterocycles. The summed E-state index contributed by atoms with van der Waals surface area (Å²) in [6.45, 7) is 1.19. The molecule has 130 valence electrons. The number of aryl methyl sites for hydroxylation is 1. The quantitative estimate of drug-likeness (QED) is 0.907. The average Bonchev–Trinajstić information content (AvgIpc) is 2.84. The Labute approximate surface area is 152 Å². The van der Waals surface area contributed by atoms with Crippen LogP contribution in [0.25, 0.3) is 0 Å². The van der Waals surface area contributed by atoms with Gasteiger partial charge in [0.15, 0.2) is 11.5 Å². The first kappa shape index (κ1) is 16.3. The molecule has 1 N–H and O–H groups in total. The molecule has 1 atom stereocenters. The Bertz CT molecular complexity index is 806. The maximum absolute atomic E-state index is 12.5. The van der Waals surface area contributed by atoms with Crippen LogP contribution >= 0.6 is 11.6 Å². The Morgan fingerprint density at radius 1 is 1.20 bits per heavy atom. The number of benzene rings is 2. The average molecular weight is 358 g/mol. The molecule has 1 aliphatic heterocycles. The van der Waals surface area contributed by atoms with Crippen LogP contribution in [0.4, 0.5) is 0 Å². The second-order valence-electron chi connectivity index (χ2n) is 6.49. The predicted molar refractivity (Wildman–Crippen MR) is 96.4 cm³/mol. The van der Waals surface area contributed by atoms with Crippen molar-refractivity contribution in [3.63, 3.8) is 0 Å². The number of carbonyl (C=O) groups excluding carboxylic acids is 1. The van der Waals surface area contributed by atoms with E-state index in [-0.39, 0.29) is 18.4 Å². The van der Waals surface area contributed by atoms with Crippen LogP contribution in [-0.2, 0) is 17.6 Å². The van der Waals surface area contributed by atoms with Gasteiger partial charge in [0.2, 0.25) is 5.91 Å². The minimum atomic E-state index is -0.00717. The molecule has 1 amide bonds. The normalized spacial score (nSPS) is 18.4. The van der Waals surface area contributed by atoms with E-state index in [1.165, 1.54) is 11.1 Å². The monoisotopic (exact) mass is 357 g/mol. The van der Waals surface area contributed by atoms with Crippen LogP contribution in [0.2, 0.25) is 5.02 Å². The summed E-state index contributed by atoms with van der Waals surface area (Å²) in [5.74, 6) is 1.19. The van der Waals surface area contributed by atoms with Gasteiger partial charge in [0, 0.05) is 6.42 Å². The van der Waals surface area contributed by atoms with Gasteiger partial charge in [-0.1, -0.05) is 35.9 Å². The molecule has 2 aromatic rings. The minimum Gasteiger partial charge on any atom is -0.489 e. The number of amides is 1. The van der Waals surface area contributed by atoms with E-state index in [2.05, 4.69) is 17.4 Å². The van der Waals surface area contributed by atoms with Crippen molar-refractivity contribution in [3.8, 4) is 11.5 Å². The molecule has 0 saturated heterocycles. The molecular weight excluding hydrogens is 338 g/mol. The topological polar surface area (TPSA) is 47.6 Å². The highest BCUT2D eigenvalue weighted by Gasteiger charge is 2.24. The molecule has 0 unspecified atom stereocenters. The van der Waals surface area contributed by atoms with Gasteiger partial charge in [-0.25, -0.2) is 0 Å². The predicted octanol–water partition coefficient (Wildman–Crippen LogP) is 3.85. The molecule has 4 nitrogen and oxygen atoms in total. The van der Waals surface area contributed by atoms with Gasteiger partial charge in [0.05, 0.1) is 30.7 Å². The van der Waals surface area contributed by atoms with Crippen LogP contribution in [-0.4, -0.2) is 19.1 Å². The molecule has 0 saturated carbocycles. The van der Waals surface area contributed by atoms with E-state index in [0.717, 1.165) is 24.8 Å². The fourth-order valence-electron chi connectivity index (χ4n) is 3.52. The number of halogens is 1. The zero-order chi connectivity index (χ0) is 17.2. The molecule has 0 fully saturated rings. The number of ether oxygens (including phenoxy) is 2. The molecule has 4 rings (SSSR count). The van der Waals surface area contributed by atoms with Crippen molar-refractivity contribution in [1.82, 2.24) is 5.32 Å². The van der Waals surface area contributed by atoms with Crippen LogP contribution in [0.15, 0.2) is 36.4 Å². The van der Waals surface area contributed by atoms with Gasteiger partial charge >= 0.3 is 0 Å². The smallest absolute Gasteiger partial charge is 0.224 e. The van der Waals surface area contributed by atoms with Crippen molar-refractivity contribution in [2.75, 3.05) is 13.2 Å². The highest BCUT2D eigenvalue weighted by Crippen LogP contribution is 2.38. The third kappa shape index (κ3) is 3.45. The van der Waals surface area contributed by atoms with Gasteiger partial charge < -0.3 is 14.8 Å². The van der Waals surface area contributed by atoms with Crippen molar-refractivity contribution in [3.05, 3.63) is 58.1 Å². The van der Waals surface area contributed by atoms with E-state index in [4.69, 9.17) is 21.1 Å². The summed E-state index contributed by atoms with van der Waals surface area (Å²) in [5, 5.41) is 3.64. The zero-order valence-corrected chi connectivity index (χ0v) is 14.6. The minimum absolute atomic E-state index is 0.00717. The lowest BCUT2D eigenvalue weighted by molar-refractivity contribution is -0.121. The van der Waals surface area contributed by atoms with Crippen LogP contribution in [0.3, 0.4) is 0 Å². The number of rotatable bonds is 3. The summed E-state index contributed by atoms with van der Waals surface area (Å²) < 4.78 is 11.3.